The quantitative estimate of drug-likeness (QED) is 0.444. The van der Waals surface area contributed by atoms with Crippen LogP contribution in [-0.4, -0.2) is 14.1 Å². The summed E-state index contributed by atoms with van der Waals surface area (Å²) in [5.41, 5.74) is 4.73. The van der Waals surface area contributed by atoms with Crippen molar-refractivity contribution in [3.05, 3.63) is 89.5 Å². The first-order valence-corrected chi connectivity index (χ1v) is 13.3. The van der Waals surface area contributed by atoms with Crippen LogP contribution in [0.3, 0.4) is 0 Å². The summed E-state index contributed by atoms with van der Waals surface area (Å²) in [5.74, 6) is 0. The van der Waals surface area contributed by atoms with E-state index in [9.17, 15) is 0 Å². The Morgan fingerprint density at radius 3 is 0.710 bits per heavy atom. The van der Waals surface area contributed by atoms with Crippen molar-refractivity contribution >= 4 is 27.4 Å². The average Bonchev–Trinajstić information content (AvgIpc) is 2.67. The predicted octanol–water partition coefficient (Wildman–Crippen LogP) is 6.10. The second kappa shape index (κ2) is 8.61. The molecule has 0 fully saturated rings. The maximum atomic E-state index is 2.38. The molecule has 1 heteroatoms. The van der Waals surface area contributed by atoms with Crippen LogP contribution >= 0.6 is 0 Å². The molecule has 0 heterocycles. The molecule has 0 aliphatic carbocycles. The van der Waals surface area contributed by atoms with Crippen LogP contribution in [0.15, 0.2) is 72.8 Å². The standard InChI is InChI=1S/3C10H13.Al/c3*1-10(2,3)9-7-5-4-6-8-9;/h3*5-8H,1-3H3;. The fourth-order valence-corrected chi connectivity index (χ4v) is 6.99. The van der Waals surface area contributed by atoms with Crippen molar-refractivity contribution in [2.45, 2.75) is 78.6 Å². The molecule has 162 valence electrons. The Morgan fingerprint density at radius 2 is 0.548 bits per heavy atom. The molecule has 0 aliphatic rings. The highest BCUT2D eigenvalue weighted by molar-refractivity contribution is 6.95. The van der Waals surface area contributed by atoms with Crippen LogP contribution in [0.2, 0.25) is 0 Å². The van der Waals surface area contributed by atoms with Gasteiger partial charge < -0.3 is 0 Å². The molecule has 0 nitrogen and oxygen atoms in total. The van der Waals surface area contributed by atoms with Crippen LogP contribution < -0.4 is 13.3 Å². The summed E-state index contributed by atoms with van der Waals surface area (Å²) < 4.78 is 4.46. The van der Waals surface area contributed by atoms with E-state index < -0.39 is 14.1 Å². The van der Waals surface area contributed by atoms with Crippen molar-refractivity contribution in [1.29, 1.82) is 0 Å². The van der Waals surface area contributed by atoms with Crippen LogP contribution in [0.5, 0.6) is 0 Å². The maximum absolute atomic E-state index is 2.38. The number of hydrogen-bond donors (Lipinski definition) is 0. The predicted molar refractivity (Wildman–Crippen MR) is 140 cm³/mol. The molecule has 0 amide bonds. The molecular formula is C30H39Al. The van der Waals surface area contributed by atoms with E-state index in [1.165, 1.54) is 30.0 Å². The summed E-state index contributed by atoms with van der Waals surface area (Å²) in [5, 5.41) is 0. The summed E-state index contributed by atoms with van der Waals surface area (Å²) >= 11 is -1.53. The zero-order valence-corrected chi connectivity index (χ0v) is 22.2. The van der Waals surface area contributed by atoms with Crippen molar-refractivity contribution in [3.63, 3.8) is 0 Å². The van der Waals surface area contributed by atoms with Gasteiger partial charge in [-0.15, -0.1) is 0 Å². The van der Waals surface area contributed by atoms with E-state index in [0.717, 1.165) is 0 Å². The van der Waals surface area contributed by atoms with E-state index >= 15 is 0 Å². The van der Waals surface area contributed by atoms with Gasteiger partial charge in [0.05, 0.1) is 0 Å². The van der Waals surface area contributed by atoms with Gasteiger partial charge >= 0.3 is 14.1 Å². The molecule has 3 rings (SSSR count). The Bertz CT molecular complexity index is 850. The van der Waals surface area contributed by atoms with E-state index in [2.05, 4.69) is 135 Å². The van der Waals surface area contributed by atoms with Gasteiger partial charge in [0.25, 0.3) is 0 Å². The minimum absolute atomic E-state index is 0.179. The number of hydrogen-bond acceptors (Lipinski definition) is 0. The minimum Gasteiger partial charge on any atom is -0.0986 e. The van der Waals surface area contributed by atoms with Gasteiger partial charge in [0, 0.05) is 0 Å². The molecule has 3 aromatic rings. The molecule has 0 spiro atoms. The summed E-state index contributed by atoms with van der Waals surface area (Å²) in [4.78, 5) is 0. The lowest BCUT2D eigenvalue weighted by molar-refractivity contribution is 0.590. The van der Waals surface area contributed by atoms with E-state index in [4.69, 9.17) is 0 Å². The third-order valence-corrected chi connectivity index (χ3v) is 9.48. The van der Waals surface area contributed by atoms with Gasteiger partial charge in [-0.25, -0.2) is 0 Å². The molecule has 0 radical (unpaired) electrons. The molecule has 0 aromatic heterocycles. The fraction of sp³-hybridized carbons (Fsp3) is 0.400. The van der Waals surface area contributed by atoms with Gasteiger partial charge in [0.1, 0.15) is 0 Å². The van der Waals surface area contributed by atoms with Crippen molar-refractivity contribution in [2.75, 3.05) is 0 Å². The van der Waals surface area contributed by atoms with Crippen LogP contribution in [0, 0.1) is 0 Å². The van der Waals surface area contributed by atoms with Crippen molar-refractivity contribution < 1.29 is 0 Å². The van der Waals surface area contributed by atoms with E-state index in [0.29, 0.717) is 0 Å². The zero-order valence-electron chi connectivity index (χ0n) is 21.0. The van der Waals surface area contributed by atoms with Crippen LogP contribution in [0.25, 0.3) is 0 Å². The van der Waals surface area contributed by atoms with Crippen LogP contribution in [-0.2, 0) is 16.2 Å². The Hall–Kier alpha value is -1.81. The highest BCUT2D eigenvalue weighted by atomic mass is 27.2. The monoisotopic (exact) mass is 426 g/mol. The van der Waals surface area contributed by atoms with Gasteiger partial charge in [-0.1, -0.05) is 148 Å². The summed E-state index contributed by atoms with van der Waals surface area (Å²) in [7, 11) is 0. The zero-order chi connectivity index (χ0) is 23.0. The first-order valence-electron chi connectivity index (χ1n) is 11.6. The molecular weight excluding hydrogens is 387 g/mol. The Kier molecular flexibility index (Phi) is 6.63. The smallest absolute Gasteiger partial charge is 0.0986 e. The van der Waals surface area contributed by atoms with Gasteiger partial charge in [-0.2, -0.15) is 0 Å². The third kappa shape index (κ3) is 5.71. The van der Waals surface area contributed by atoms with E-state index in [-0.39, 0.29) is 16.2 Å². The Labute approximate surface area is 195 Å². The van der Waals surface area contributed by atoms with Crippen LogP contribution in [0.4, 0.5) is 0 Å². The number of rotatable bonds is 3. The molecule has 3 aromatic carbocycles. The van der Waals surface area contributed by atoms with Gasteiger partial charge in [-0.05, 0) is 32.9 Å². The molecule has 0 saturated heterocycles. The third-order valence-electron chi connectivity index (χ3n) is 6.33. The lowest BCUT2D eigenvalue weighted by Gasteiger charge is -2.23. The lowest BCUT2D eigenvalue weighted by Crippen LogP contribution is -2.52. The summed E-state index contributed by atoms with van der Waals surface area (Å²) in [6.45, 7) is 20.6. The first-order chi connectivity index (χ1) is 14.3. The maximum Gasteiger partial charge on any atom is 0.383 e. The topological polar surface area (TPSA) is 0 Å². The highest BCUT2D eigenvalue weighted by Crippen LogP contribution is 2.23. The molecule has 0 saturated carbocycles. The Morgan fingerprint density at radius 1 is 0.355 bits per heavy atom. The van der Waals surface area contributed by atoms with Crippen molar-refractivity contribution in [1.82, 2.24) is 0 Å². The van der Waals surface area contributed by atoms with Crippen molar-refractivity contribution in [2.24, 2.45) is 0 Å². The van der Waals surface area contributed by atoms with E-state index in [1.807, 2.05) is 0 Å². The minimum atomic E-state index is -1.53. The molecule has 0 unspecified atom stereocenters. The lowest BCUT2D eigenvalue weighted by atomic mass is 9.87. The van der Waals surface area contributed by atoms with E-state index in [1.54, 1.807) is 0 Å². The molecule has 0 atom stereocenters. The average molecular weight is 427 g/mol. The molecule has 0 bridgehead atoms. The number of benzene rings is 3. The fourth-order valence-electron chi connectivity index (χ4n) is 4.10. The van der Waals surface area contributed by atoms with Gasteiger partial charge in [0.15, 0.2) is 0 Å². The summed E-state index contributed by atoms with van der Waals surface area (Å²) in [6.07, 6.45) is 0. The largest absolute Gasteiger partial charge is 0.383 e. The molecule has 31 heavy (non-hydrogen) atoms. The second-order valence-corrected chi connectivity index (χ2v) is 14.9. The van der Waals surface area contributed by atoms with Gasteiger partial charge in [0.2, 0.25) is 0 Å². The highest BCUT2D eigenvalue weighted by Gasteiger charge is 2.27. The van der Waals surface area contributed by atoms with Gasteiger partial charge in [-0.3, -0.25) is 0 Å². The van der Waals surface area contributed by atoms with Crippen molar-refractivity contribution in [3.8, 4) is 0 Å². The van der Waals surface area contributed by atoms with Crippen LogP contribution in [0.1, 0.15) is 79.0 Å². The second-order valence-electron chi connectivity index (χ2n) is 12.0. The molecule has 0 N–H and O–H groups in total. The SMILES string of the molecule is CC(C)(C)c1cc[c]([Al]([c]2ccc(C(C)(C)C)cc2)[c]2ccc(C(C)(C)C)cc2)cc1. The first kappa shape index (κ1) is 23.8. The molecule has 0 aliphatic heterocycles. The Balaban J connectivity index is 2.08. The summed E-state index contributed by atoms with van der Waals surface area (Å²) in [6, 6.07) is 28.3. The normalized spacial score (nSPS) is 12.7.